The molecule has 0 saturated carbocycles. The van der Waals surface area contributed by atoms with Crippen LogP contribution < -0.4 is 16.0 Å². The van der Waals surface area contributed by atoms with Crippen molar-refractivity contribution in [1.82, 2.24) is 20.9 Å². The Bertz CT molecular complexity index is 361. The number of nitrogens with zero attached hydrogens (tertiary/aromatic N) is 1. The highest BCUT2D eigenvalue weighted by Crippen LogP contribution is 2.25. The van der Waals surface area contributed by atoms with E-state index in [9.17, 15) is 9.59 Å². The summed E-state index contributed by atoms with van der Waals surface area (Å²) in [5, 5.41) is 9.14. The van der Waals surface area contributed by atoms with Crippen molar-refractivity contribution in [3.63, 3.8) is 0 Å². The number of nitrogens with one attached hydrogen (secondary N) is 3. The second kappa shape index (κ2) is 5.88. The molecule has 2 heterocycles. The summed E-state index contributed by atoms with van der Waals surface area (Å²) < 4.78 is 0. The molecule has 6 heteroatoms. The number of amides is 2. The van der Waals surface area contributed by atoms with Crippen LogP contribution in [0.5, 0.6) is 0 Å². The van der Waals surface area contributed by atoms with Crippen LogP contribution in [-0.4, -0.2) is 54.6 Å². The third-order valence-corrected chi connectivity index (χ3v) is 4.18. The molecule has 0 aromatic carbocycles. The fourth-order valence-corrected chi connectivity index (χ4v) is 2.82. The summed E-state index contributed by atoms with van der Waals surface area (Å²) in [5.74, 6) is -0.0668. The Kier molecular flexibility index (Phi) is 4.42. The van der Waals surface area contributed by atoms with E-state index in [1.54, 1.807) is 14.0 Å². The third kappa shape index (κ3) is 2.90. The van der Waals surface area contributed by atoms with Gasteiger partial charge in [0.2, 0.25) is 11.8 Å². The first-order chi connectivity index (χ1) is 9.04. The van der Waals surface area contributed by atoms with E-state index in [1.807, 2.05) is 4.90 Å². The number of likely N-dealkylation sites (N-methyl/N-ethyl adjacent to an activating group) is 1. The van der Waals surface area contributed by atoms with Crippen LogP contribution in [0, 0.1) is 0 Å². The highest BCUT2D eigenvalue weighted by Gasteiger charge is 2.40. The molecule has 108 valence electrons. The monoisotopic (exact) mass is 268 g/mol. The van der Waals surface area contributed by atoms with E-state index in [1.165, 1.54) is 0 Å². The molecule has 0 radical (unpaired) electrons. The molecule has 0 aromatic rings. The van der Waals surface area contributed by atoms with Gasteiger partial charge in [-0.25, -0.2) is 0 Å². The number of hydrogen-bond acceptors (Lipinski definition) is 4. The topological polar surface area (TPSA) is 73.5 Å². The van der Waals surface area contributed by atoms with Crippen LogP contribution in [0.4, 0.5) is 0 Å². The molecule has 0 aromatic heterocycles. The first-order valence-corrected chi connectivity index (χ1v) is 7.07. The predicted octanol–water partition coefficient (Wildman–Crippen LogP) is -0.591. The summed E-state index contributed by atoms with van der Waals surface area (Å²) >= 11 is 0. The van der Waals surface area contributed by atoms with Crippen molar-refractivity contribution in [2.45, 2.75) is 57.4 Å². The highest BCUT2D eigenvalue weighted by atomic mass is 16.2. The summed E-state index contributed by atoms with van der Waals surface area (Å²) in [6, 6.07) is -0.429. The highest BCUT2D eigenvalue weighted by molar-refractivity contribution is 5.90. The Labute approximate surface area is 114 Å². The van der Waals surface area contributed by atoms with Crippen molar-refractivity contribution in [2.75, 3.05) is 13.6 Å². The van der Waals surface area contributed by atoms with Crippen molar-refractivity contribution < 1.29 is 9.59 Å². The largest absolute Gasteiger partial charge is 0.343 e. The molecule has 2 rings (SSSR count). The second-order valence-corrected chi connectivity index (χ2v) is 5.50. The number of carbonyl (C=O) groups is 2. The molecular weight excluding hydrogens is 244 g/mol. The van der Waals surface area contributed by atoms with Gasteiger partial charge in [0.1, 0.15) is 6.04 Å². The molecule has 6 nitrogen and oxygen atoms in total. The maximum absolute atomic E-state index is 12.5. The molecule has 0 bridgehead atoms. The van der Waals surface area contributed by atoms with Crippen LogP contribution in [0.1, 0.15) is 33.1 Å². The van der Waals surface area contributed by atoms with Crippen molar-refractivity contribution >= 4 is 11.8 Å². The third-order valence-electron chi connectivity index (χ3n) is 4.18. The van der Waals surface area contributed by atoms with Crippen molar-refractivity contribution in [2.24, 2.45) is 0 Å². The molecule has 0 spiro atoms. The molecule has 0 aliphatic carbocycles. The lowest BCUT2D eigenvalue weighted by molar-refractivity contribution is -0.138. The van der Waals surface area contributed by atoms with E-state index < -0.39 is 6.04 Å². The Balaban J connectivity index is 2.04. The summed E-state index contributed by atoms with van der Waals surface area (Å²) in [7, 11) is 1.74. The van der Waals surface area contributed by atoms with Crippen molar-refractivity contribution in [1.29, 1.82) is 0 Å². The lowest BCUT2D eigenvalue weighted by Crippen LogP contribution is -2.54. The van der Waals surface area contributed by atoms with Gasteiger partial charge in [0.15, 0.2) is 0 Å². The van der Waals surface area contributed by atoms with Gasteiger partial charge >= 0.3 is 0 Å². The maximum atomic E-state index is 12.5. The van der Waals surface area contributed by atoms with Crippen LogP contribution in [0.2, 0.25) is 0 Å². The van der Waals surface area contributed by atoms with Crippen LogP contribution in [0.25, 0.3) is 0 Å². The molecule has 2 aliphatic rings. The van der Waals surface area contributed by atoms with Crippen LogP contribution >= 0.6 is 0 Å². The van der Waals surface area contributed by atoms with Crippen molar-refractivity contribution in [3.8, 4) is 0 Å². The zero-order valence-corrected chi connectivity index (χ0v) is 11.9. The molecule has 2 amide bonds. The van der Waals surface area contributed by atoms with Gasteiger partial charge in [0.05, 0.1) is 12.2 Å². The van der Waals surface area contributed by atoms with E-state index in [2.05, 4.69) is 22.9 Å². The number of fused-ring (bicyclic) bond motifs is 1. The molecule has 2 fully saturated rings. The lowest BCUT2D eigenvalue weighted by atomic mass is 10.1. The standard InChI is InChI=1S/C13H24N4O2/c1-8-4-5-11-15-7-6-10(13(19)17(8)11)16-12(18)9(2)14-3/h8-11,14-15H,4-7H2,1-3H3,(H,16,18)/t8?,9-,10-,11+/m0/s1. The smallest absolute Gasteiger partial charge is 0.246 e. The van der Waals surface area contributed by atoms with E-state index in [0.717, 1.165) is 19.4 Å². The number of carbonyl (C=O) groups excluding carboxylic acids is 2. The van der Waals surface area contributed by atoms with E-state index >= 15 is 0 Å². The maximum Gasteiger partial charge on any atom is 0.246 e. The van der Waals surface area contributed by atoms with E-state index in [-0.39, 0.29) is 30.1 Å². The van der Waals surface area contributed by atoms with Gasteiger partial charge in [0.25, 0.3) is 0 Å². The number of rotatable bonds is 3. The quantitative estimate of drug-likeness (QED) is 0.640. The van der Waals surface area contributed by atoms with Gasteiger partial charge in [-0.2, -0.15) is 0 Å². The minimum absolute atomic E-state index is 0.0525. The van der Waals surface area contributed by atoms with Crippen molar-refractivity contribution in [3.05, 3.63) is 0 Å². The molecule has 4 atom stereocenters. The lowest BCUT2D eigenvalue weighted by Gasteiger charge is -2.29. The van der Waals surface area contributed by atoms with Crippen LogP contribution in [-0.2, 0) is 9.59 Å². The first kappa shape index (κ1) is 14.3. The van der Waals surface area contributed by atoms with Gasteiger partial charge in [-0.15, -0.1) is 0 Å². The van der Waals surface area contributed by atoms with Gasteiger partial charge in [-0.3, -0.25) is 14.9 Å². The Morgan fingerprint density at radius 1 is 1.42 bits per heavy atom. The zero-order chi connectivity index (χ0) is 14.0. The molecule has 19 heavy (non-hydrogen) atoms. The zero-order valence-electron chi connectivity index (χ0n) is 11.9. The summed E-state index contributed by atoms with van der Waals surface area (Å²) in [5.41, 5.74) is 0. The van der Waals surface area contributed by atoms with Gasteiger partial charge in [0, 0.05) is 6.04 Å². The van der Waals surface area contributed by atoms with Gasteiger partial charge in [-0.1, -0.05) is 0 Å². The van der Waals surface area contributed by atoms with Gasteiger partial charge in [-0.05, 0) is 46.7 Å². The molecule has 3 N–H and O–H groups in total. The Morgan fingerprint density at radius 2 is 2.16 bits per heavy atom. The van der Waals surface area contributed by atoms with Gasteiger partial charge < -0.3 is 15.5 Å². The average Bonchev–Trinajstić information content (AvgIpc) is 2.68. The fraction of sp³-hybridized carbons (Fsp3) is 0.846. The average molecular weight is 268 g/mol. The minimum Gasteiger partial charge on any atom is -0.343 e. The predicted molar refractivity (Wildman–Crippen MR) is 72.4 cm³/mol. The first-order valence-electron chi connectivity index (χ1n) is 7.07. The summed E-state index contributed by atoms with van der Waals surface area (Å²) in [6.45, 7) is 4.62. The summed E-state index contributed by atoms with van der Waals surface area (Å²) in [6.07, 6.45) is 2.82. The molecule has 2 aliphatic heterocycles. The summed E-state index contributed by atoms with van der Waals surface area (Å²) in [4.78, 5) is 26.3. The molecule has 2 saturated heterocycles. The fourth-order valence-electron chi connectivity index (χ4n) is 2.82. The number of hydrogen-bond donors (Lipinski definition) is 3. The van der Waals surface area contributed by atoms with Crippen LogP contribution in [0.15, 0.2) is 0 Å². The minimum atomic E-state index is -0.402. The Morgan fingerprint density at radius 3 is 2.84 bits per heavy atom. The Hall–Kier alpha value is -1.14. The normalized spacial score (nSPS) is 32.7. The second-order valence-electron chi connectivity index (χ2n) is 5.50. The molecular formula is C13H24N4O2. The molecule has 1 unspecified atom stereocenters. The SMILES string of the molecule is CN[C@@H](C)C(=O)N[C@H]1CCN[C@H]2CCC(C)N2C1=O. The van der Waals surface area contributed by atoms with Crippen LogP contribution in [0.3, 0.4) is 0 Å². The van der Waals surface area contributed by atoms with E-state index in [4.69, 9.17) is 0 Å². The van der Waals surface area contributed by atoms with E-state index in [0.29, 0.717) is 6.42 Å².